The first-order valence-electron chi connectivity index (χ1n) is 8.30. The summed E-state index contributed by atoms with van der Waals surface area (Å²) in [5, 5.41) is 22.1. The zero-order valence-electron chi connectivity index (χ0n) is 14.9. The Kier molecular flexibility index (Phi) is 3.46. The van der Waals surface area contributed by atoms with Gasteiger partial charge in [-0.2, -0.15) is 0 Å². The summed E-state index contributed by atoms with van der Waals surface area (Å²) in [6, 6.07) is 3.64. The number of rotatable bonds is 1. The Bertz CT molecular complexity index is 793. The van der Waals surface area contributed by atoms with Crippen molar-refractivity contribution in [1.29, 1.82) is 0 Å². The normalized spacial score (nSPS) is 25.9. The van der Waals surface area contributed by atoms with Crippen LogP contribution in [0.15, 0.2) is 17.7 Å². The molecule has 128 valence electrons. The quantitative estimate of drug-likeness (QED) is 0.831. The SMILES string of the molecule is Cc1ccc2c3c1C(=O)CCC(C)(C)[C@]3(O)C(=O)C(C(C)(C)O)=C2. The lowest BCUT2D eigenvalue weighted by Gasteiger charge is -2.45. The maximum absolute atomic E-state index is 13.3. The second-order valence-corrected chi connectivity index (χ2v) is 8.19. The van der Waals surface area contributed by atoms with Crippen molar-refractivity contribution in [1.82, 2.24) is 0 Å². The predicted octanol–water partition coefficient (Wildman–Crippen LogP) is 2.92. The van der Waals surface area contributed by atoms with Gasteiger partial charge in [-0.05, 0) is 44.4 Å². The van der Waals surface area contributed by atoms with Gasteiger partial charge in [-0.25, -0.2) is 0 Å². The number of Topliss-reactive ketones (excluding diaryl/α,β-unsaturated/α-hetero) is 2. The summed E-state index contributed by atoms with van der Waals surface area (Å²) >= 11 is 0. The molecule has 24 heavy (non-hydrogen) atoms. The van der Waals surface area contributed by atoms with Gasteiger partial charge in [-0.1, -0.05) is 26.0 Å². The van der Waals surface area contributed by atoms with Crippen molar-refractivity contribution >= 4 is 17.6 Å². The van der Waals surface area contributed by atoms with Crippen LogP contribution >= 0.6 is 0 Å². The van der Waals surface area contributed by atoms with E-state index in [1.807, 2.05) is 32.9 Å². The molecule has 0 bridgehead atoms. The molecule has 3 rings (SSSR count). The van der Waals surface area contributed by atoms with E-state index < -0.39 is 22.4 Å². The second-order valence-electron chi connectivity index (χ2n) is 8.19. The van der Waals surface area contributed by atoms with Crippen LogP contribution in [-0.4, -0.2) is 27.4 Å². The molecule has 2 N–H and O–H groups in total. The fourth-order valence-corrected chi connectivity index (χ4v) is 3.95. The van der Waals surface area contributed by atoms with Gasteiger partial charge in [0.05, 0.1) is 5.60 Å². The van der Waals surface area contributed by atoms with Gasteiger partial charge in [0.25, 0.3) is 0 Å². The van der Waals surface area contributed by atoms with E-state index in [1.165, 1.54) is 13.8 Å². The Morgan fingerprint density at radius 2 is 1.79 bits per heavy atom. The monoisotopic (exact) mass is 328 g/mol. The number of ketones is 2. The minimum atomic E-state index is -1.82. The number of carbonyl (C=O) groups excluding carboxylic acids is 2. The van der Waals surface area contributed by atoms with Crippen molar-refractivity contribution in [2.45, 2.75) is 58.7 Å². The van der Waals surface area contributed by atoms with Crippen LogP contribution in [-0.2, 0) is 10.4 Å². The second kappa shape index (κ2) is 4.87. The minimum absolute atomic E-state index is 0.0405. The summed E-state index contributed by atoms with van der Waals surface area (Å²) in [7, 11) is 0. The topological polar surface area (TPSA) is 74.6 Å². The van der Waals surface area contributed by atoms with E-state index in [0.717, 1.165) is 5.56 Å². The standard InChI is InChI=1S/C20H24O4/c1-11-6-7-12-10-13(19(4,5)23)17(22)20(24)16(12)15(11)14(21)8-9-18(20,2)3/h6-7,10,23-24H,8-9H2,1-5H3/t20-/m1/s1. The molecule has 0 spiro atoms. The number of hydrogen-bond donors (Lipinski definition) is 2. The van der Waals surface area contributed by atoms with Gasteiger partial charge in [0.15, 0.2) is 17.2 Å². The van der Waals surface area contributed by atoms with Crippen molar-refractivity contribution in [2.75, 3.05) is 0 Å². The summed E-state index contributed by atoms with van der Waals surface area (Å²) in [6.45, 7) is 8.52. The van der Waals surface area contributed by atoms with Crippen LogP contribution < -0.4 is 0 Å². The first-order chi connectivity index (χ1) is 10.9. The number of benzene rings is 1. The van der Waals surface area contributed by atoms with Gasteiger partial charge < -0.3 is 10.2 Å². The van der Waals surface area contributed by atoms with Gasteiger partial charge in [0, 0.05) is 28.5 Å². The van der Waals surface area contributed by atoms with Crippen molar-refractivity contribution < 1.29 is 19.8 Å². The van der Waals surface area contributed by atoms with Crippen LogP contribution in [0.1, 0.15) is 67.6 Å². The predicted molar refractivity (Wildman–Crippen MR) is 91.7 cm³/mol. The molecular formula is C20H24O4. The summed E-state index contributed by atoms with van der Waals surface area (Å²) in [6.07, 6.45) is 2.31. The molecule has 1 atom stereocenters. The molecule has 0 aromatic heterocycles. The third-order valence-corrected chi connectivity index (χ3v) is 5.58. The Labute approximate surface area is 142 Å². The maximum Gasteiger partial charge on any atom is 0.198 e. The molecule has 0 saturated heterocycles. The number of aliphatic hydroxyl groups is 2. The van der Waals surface area contributed by atoms with E-state index in [1.54, 1.807) is 6.08 Å². The molecule has 0 fully saturated rings. The smallest absolute Gasteiger partial charge is 0.198 e. The lowest BCUT2D eigenvalue weighted by molar-refractivity contribution is -0.152. The zero-order valence-corrected chi connectivity index (χ0v) is 14.9. The summed E-state index contributed by atoms with van der Waals surface area (Å²) in [5.41, 5.74) is -1.57. The molecule has 4 heteroatoms. The number of aryl methyl sites for hydroxylation is 1. The van der Waals surface area contributed by atoms with Gasteiger partial charge >= 0.3 is 0 Å². The maximum atomic E-state index is 13.3. The van der Waals surface area contributed by atoms with Gasteiger partial charge in [-0.15, -0.1) is 0 Å². The molecule has 1 aromatic rings. The van der Waals surface area contributed by atoms with Gasteiger partial charge in [0.1, 0.15) is 0 Å². The summed E-state index contributed by atoms with van der Waals surface area (Å²) in [5.74, 6) is -0.546. The molecule has 1 aromatic carbocycles. The van der Waals surface area contributed by atoms with Gasteiger partial charge in [-0.3, -0.25) is 9.59 Å². The fraction of sp³-hybridized carbons (Fsp3) is 0.500. The van der Waals surface area contributed by atoms with E-state index in [9.17, 15) is 19.8 Å². The molecule has 0 radical (unpaired) electrons. The Morgan fingerprint density at radius 3 is 2.38 bits per heavy atom. The summed E-state index contributed by atoms with van der Waals surface area (Å²) < 4.78 is 0. The van der Waals surface area contributed by atoms with E-state index in [0.29, 0.717) is 23.1 Å². The minimum Gasteiger partial charge on any atom is -0.386 e. The third-order valence-electron chi connectivity index (χ3n) is 5.58. The van der Waals surface area contributed by atoms with Crippen LogP contribution in [0.4, 0.5) is 0 Å². The van der Waals surface area contributed by atoms with Crippen LogP contribution in [0.3, 0.4) is 0 Å². The molecule has 2 aliphatic carbocycles. The molecule has 2 aliphatic rings. The lowest BCUT2D eigenvalue weighted by atomic mass is 9.61. The van der Waals surface area contributed by atoms with Gasteiger partial charge in [0.2, 0.25) is 0 Å². The van der Waals surface area contributed by atoms with Crippen molar-refractivity contribution in [3.05, 3.63) is 40.0 Å². The Hall–Kier alpha value is -1.78. The molecule has 0 aliphatic heterocycles. The Morgan fingerprint density at radius 1 is 1.17 bits per heavy atom. The number of hydrogen-bond acceptors (Lipinski definition) is 4. The summed E-state index contributed by atoms with van der Waals surface area (Å²) in [4.78, 5) is 26.0. The molecule has 0 amide bonds. The lowest BCUT2D eigenvalue weighted by Crippen LogP contribution is -2.53. The molecular weight excluding hydrogens is 304 g/mol. The van der Waals surface area contributed by atoms with Crippen molar-refractivity contribution in [3.63, 3.8) is 0 Å². The first kappa shape index (κ1) is 17.1. The van der Waals surface area contributed by atoms with Crippen molar-refractivity contribution in [2.24, 2.45) is 5.41 Å². The highest BCUT2D eigenvalue weighted by atomic mass is 16.3. The van der Waals surface area contributed by atoms with E-state index in [2.05, 4.69) is 0 Å². The van der Waals surface area contributed by atoms with Crippen molar-refractivity contribution in [3.8, 4) is 0 Å². The van der Waals surface area contributed by atoms with Crippen LogP contribution in [0.5, 0.6) is 0 Å². The molecule has 0 heterocycles. The van der Waals surface area contributed by atoms with Crippen LogP contribution in [0.2, 0.25) is 0 Å². The molecule has 0 saturated carbocycles. The van der Waals surface area contributed by atoms with E-state index >= 15 is 0 Å². The van der Waals surface area contributed by atoms with Crippen LogP contribution in [0, 0.1) is 12.3 Å². The third kappa shape index (κ3) is 2.06. The largest absolute Gasteiger partial charge is 0.386 e. The average molecular weight is 328 g/mol. The highest BCUT2D eigenvalue weighted by molar-refractivity contribution is 6.14. The zero-order chi connectivity index (χ0) is 18.1. The molecule has 4 nitrogen and oxygen atoms in total. The number of carbonyl (C=O) groups is 2. The van der Waals surface area contributed by atoms with Crippen LogP contribution in [0.25, 0.3) is 6.08 Å². The average Bonchev–Trinajstić information content (AvgIpc) is 2.54. The first-order valence-corrected chi connectivity index (χ1v) is 8.30. The molecule has 0 unspecified atom stereocenters. The van der Waals surface area contributed by atoms with E-state index in [4.69, 9.17) is 0 Å². The van der Waals surface area contributed by atoms with E-state index in [-0.39, 0.29) is 17.8 Å². The fourth-order valence-electron chi connectivity index (χ4n) is 3.95. The highest BCUT2D eigenvalue weighted by Crippen LogP contribution is 2.53. The Balaban J connectivity index is 2.48. The highest BCUT2D eigenvalue weighted by Gasteiger charge is 2.58.